The molecule has 0 spiro atoms. The molecule has 1 fully saturated rings. The number of benzene rings is 1. The van der Waals surface area contributed by atoms with Gasteiger partial charge in [-0.15, -0.1) is 0 Å². The maximum absolute atomic E-state index is 3.70. The van der Waals surface area contributed by atoms with Crippen LogP contribution in [0.3, 0.4) is 0 Å². The minimum atomic E-state index is 0.457. The molecule has 2 unspecified atom stereocenters. The van der Waals surface area contributed by atoms with E-state index >= 15 is 0 Å². The van der Waals surface area contributed by atoms with Gasteiger partial charge in [0.1, 0.15) is 0 Å². The fourth-order valence-electron chi connectivity index (χ4n) is 2.97. The smallest absolute Gasteiger partial charge is 0.0294 e. The molecule has 1 N–H and O–H groups in total. The van der Waals surface area contributed by atoms with E-state index in [9.17, 15) is 0 Å². The molecule has 0 amide bonds. The largest absolute Gasteiger partial charge is 0.310 e. The summed E-state index contributed by atoms with van der Waals surface area (Å²) in [6, 6.07) is 9.14. The molecule has 2 heteroatoms. The number of nitrogens with one attached hydrogen (secondary N) is 1. The Labute approximate surface area is 111 Å². The zero-order valence-electron chi connectivity index (χ0n) is 11.9. The van der Waals surface area contributed by atoms with Crippen LogP contribution >= 0.6 is 0 Å². The van der Waals surface area contributed by atoms with Gasteiger partial charge in [0.05, 0.1) is 0 Å². The lowest BCUT2D eigenvalue weighted by atomic mass is 9.97. The number of rotatable bonds is 4. The number of hydrogen-bond acceptors (Lipinski definition) is 2. The number of hydrogen-bond donors (Lipinski definition) is 1. The minimum absolute atomic E-state index is 0.457. The lowest BCUT2D eigenvalue weighted by Gasteiger charge is -2.30. The number of nitrogens with zero attached hydrogens (tertiary/aromatic N) is 1. The molecular formula is C16H26N2. The molecule has 1 aliphatic rings. The molecule has 1 aromatic rings. The molecule has 0 bridgehead atoms. The average molecular weight is 246 g/mol. The molecule has 2 nitrogen and oxygen atoms in total. The Morgan fingerprint density at radius 3 is 2.89 bits per heavy atom. The quantitative estimate of drug-likeness (QED) is 0.878. The summed E-state index contributed by atoms with van der Waals surface area (Å²) in [5.74, 6) is 0.815. The molecule has 0 radical (unpaired) electrons. The highest BCUT2D eigenvalue weighted by molar-refractivity contribution is 5.28. The molecule has 2 atom stereocenters. The molecular weight excluding hydrogens is 220 g/mol. The second-order valence-corrected chi connectivity index (χ2v) is 5.76. The van der Waals surface area contributed by atoms with Gasteiger partial charge in [-0.05, 0) is 63.9 Å². The van der Waals surface area contributed by atoms with E-state index in [0.717, 1.165) is 12.5 Å². The molecule has 2 rings (SSSR count). The fraction of sp³-hybridized carbons (Fsp3) is 0.625. The normalized spacial score (nSPS) is 22.9. The van der Waals surface area contributed by atoms with Crippen LogP contribution in [0.5, 0.6) is 0 Å². The molecule has 1 aliphatic heterocycles. The molecule has 100 valence electrons. The third kappa shape index (κ3) is 3.56. The first-order chi connectivity index (χ1) is 8.66. The van der Waals surface area contributed by atoms with Crippen LogP contribution in [0.2, 0.25) is 0 Å². The van der Waals surface area contributed by atoms with E-state index < -0.39 is 0 Å². The van der Waals surface area contributed by atoms with Crippen molar-refractivity contribution >= 4 is 0 Å². The first-order valence-corrected chi connectivity index (χ1v) is 7.14. The van der Waals surface area contributed by atoms with Crippen molar-refractivity contribution in [2.24, 2.45) is 5.92 Å². The molecule has 1 aromatic carbocycles. The lowest BCUT2D eigenvalue weighted by molar-refractivity contribution is 0.203. The van der Waals surface area contributed by atoms with Crippen molar-refractivity contribution in [1.29, 1.82) is 0 Å². The highest BCUT2D eigenvalue weighted by Gasteiger charge is 2.18. The van der Waals surface area contributed by atoms with Gasteiger partial charge >= 0.3 is 0 Å². The van der Waals surface area contributed by atoms with Crippen LogP contribution in [-0.4, -0.2) is 31.6 Å². The van der Waals surface area contributed by atoms with E-state index in [1.54, 1.807) is 0 Å². The molecule has 1 saturated heterocycles. The van der Waals surface area contributed by atoms with Gasteiger partial charge in [0.15, 0.2) is 0 Å². The maximum Gasteiger partial charge on any atom is 0.0294 e. The van der Waals surface area contributed by atoms with E-state index in [4.69, 9.17) is 0 Å². The van der Waals surface area contributed by atoms with Gasteiger partial charge in [-0.25, -0.2) is 0 Å². The Kier molecular flexibility index (Phi) is 4.79. The average Bonchev–Trinajstić information content (AvgIpc) is 2.37. The SMILES string of the molecule is Cc1ccccc1C(C)NCC1CCCN(C)C1. The Morgan fingerprint density at radius 1 is 1.39 bits per heavy atom. The van der Waals surface area contributed by atoms with Gasteiger partial charge in [0, 0.05) is 12.6 Å². The molecule has 1 heterocycles. The van der Waals surface area contributed by atoms with E-state index in [1.807, 2.05) is 0 Å². The summed E-state index contributed by atoms with van der Waals surface area (Å²) in [7, 11) is 2.23. The van der Waals surface area contributed by atoms with E-state index in [0.29, 0.717) is 6.04 Å². The predicted molar refractivity (Wildman–Crippen MR) is 77.8 cm³/mol. The third-order valence-corrected chi connectivity index (χ3v) is 4.09. The van der Waals surface area contributed by atoms with Crippen molar-refractivity contribution in [3.05, 3.63) is 35.4 Å². The standard InChI is InChI=1S/C16H26N2/c1-13-7-4-5-9-16(13)14(2)17-11-15-8-6-10-18(3)12-15/h4-5,7,9,14-15,17H,6,8,10-12H2,1-3H3. The van der Waals surface area contributed by atoms with Crippen molar-refractivity contribution in [3.63, 3.8) is 0 Å². The second-order valence-electron chi connectivity index (χ2n) is 5.76. The van der Waals surface area contributed by atoms with E-state index in [2.05, 4.69) is 55.4 Å². The second kappa shape index (κ2) is 6.35. The van der Waals surface area contributed by atoms with Crippen molar-refractivity contribution < 1.29 is 0 Å². The monoisotopic (exact) mass is 246 g/mol. The van der Waals surface area contributed by atoms with E-state index in [-0.39, 0.29) is 0 Å². The summed E-state index contributed by atoms with van der Waals surface area (Å²) in [5, 5.41) is 3.70. The zero-order chi connectivity index (χ0) is 13.0. The topological polar surface area (TPSA) is 15.3 Å². The van der Waals surface area contributed by atoms with Crippen LogP contribution in [0.15, 0.2) is 24.3 Å². The number of piperidine rings is 1. The molecule has 0 aromatic heterocycles. The van der Waals surface area contributed by atoms with Gasteiger partial charge in [-0.3, -0.25) is 0 Å². The van der Waals surface area contributed by atoms with Gasteiger partial charge in [-0.2, -0.15) is 0 Å². The molecule has 0 aliphatic carbocycles. The Hall–Kier alpha value is -0.860. The summed E-state index contributed by atoms with van der Waals surface area (Å²) in [6.45, 7) is 8.12. The van der Waals surface area contributed by atoms with Crippen LogP contribution in [0.1, 0.15) is 36.9 Å². The van der Waals surface area contributed by atoms with Crippen LogP contribution in [0.4, 0.5) is 0 Å². The van der Waals surface area contributed by atoms with Gasteiger partial charge in [0.25, 0.3) is 0 Å². The van der Waals surface area contributed by atoms with Crippen LogP contribution in [0.25, 0.3) is 0 Å². The van der Waals surface area contributed by atoms with Crippen LogP contribution in [-0.2, 0) is 0 Å². The van der Waals surface area contributed by atoms with Gasteiger partial charge in [-0.1, -0.05) is 24.3 Å². The fourth-order valence-corrected chi connectivity index (χ4v) is 2.97. The number of aryl methyl sites for hydroxylation is 1. The van der Waals surface area contributed by atoms with E-state index in [1.165, 1.54) is 37.1 Å². The first kappa shape index (κ1) is 13.6. The van der Waals surface area contributed by atoms with Gasteiger partial charge < -0.3 is 10.2 Å². The summed E-state index contributed by atoms with van der Waals surface area (Å²) < 4.78 is 0. The maximum atomic E-state index is 3.70. The summed E-state index contributed by atoms with van der Waals surface area (Å²) in [5.41, 5.74) is 2.82. The summed E-state index contributed by atoms with van der Waals surface area (Å²) in [4.78, 5) is 2.45. The van der Waals surface area contributed by atoms with Crippen molar-refractivity contribution in [3.8, 4) is 0 Å². The van der Waals surface area contributed by atoms with Crippen LogP contribution < -0.4 is 5.32 Å². The van der Waals surface area contributed by atoms with Crippen LogP contribution in [0, 0.1) is 12.8 Å². The summed E-state index contributed by atoms with van der Waals surface area (Å²) >= 11 is 0. The highest BCUT2D eigenvalue weighted by atomic mass is 15.1. The Bertz CT molecular complexity index is 375. The van der Waals surface area contributed by atoms with Crippen molar-refractivity contribution in [2.45, 2.75) is 32.7 Å². The lowest BCUT2D eigenvalue weighted by Crippen LogP contribution is -2.38. The van der Waals surface area contributed by atoms with Gasteiger partial charge in [0.2, 0.25) is 0 Å². The van der Waals surface area contributed by atoms with Crippen molar-refractivity contribution in [1.82, 2.24) is 10.2 Å². The molecule has 18 heavy (non-hydrogen) atoms. The zero-order valence-corrected chi connectivity index (χ0v) is 11.9. The minimum Gasteiger partial charge on any atom is -0.310 e. The Morgan fingerprint density at radius 2 is 2.17 bits per heavy atom. The van der Waals surface area contributed by atoms with Crippen molar-refractivity contribution in [2.75, 3.05) is 26.7 Å². The molecule has 0 saturated carbocycles. The highest BCUT2D eigenvalue weighted by Crippen LogP contribution is 2.19. The number of likely N-dealkylation sites (tertiary alicyclic amines) is 1. The third-order valence-electron chi connectivity index (χ3n) is 4.09. The predicted octanol–water partition coefficient (Wildman–Crippen LogP) is 2.99. The summed E-state index contributed by atoms with van der Waals surface area (Å²) in [6.07, 6.45) is 2.72. The Balaban J connectivity index is 1.84. The first-order valence-electron chi connectivity index (χ1n) is 7.14.